The third kappa shape index (κ3) is 4.33. The molecule has 0 aromatic heterocycles. The maximum Gasteiger partial charge on any atom is 0.304 e. The first-order valence-electron chi connectivity index (χ1n) is 6.56. The Morgan fingerprint density at radius 3 is 2.81 bits per heavy atom. The minimum absolute atomic E-state index is 0.283. The number of carbonyl (C=O) groups excluding carboxylic acids is 1. The number of nitrogens with one attached hydrogen (secondary N) is 1. The molecule has 0 saturated carbocycles. The lowest BCUT2D eigenvalue weighted by molar-refractivity contribution is -0.142. The number of anilines is 1. The number of hydrogen-bond donors (Lipinski definition) is 2. The van der Waals surface area contributed by atoms with Crippen molar-refractivity contribution in [1.29, 1.82) is 0 Å². The van der Waals surface area contributed by atoms with Crippen molar-refractivity contribution in [2.75, 3.05) is 11.9 Å². The summed E-state index contributed by atoms with van der Waals surface area (Å²) in [5, 5.41) is 12.4. The van der Waals surface area contributed by atoms with Crippen LogP contribution in [0.4, 0.5) is 5.69 Å². The van der Waals surface area contributed by atoms with Crippen LogP contribution in [0.3, 0.4) is 0 Å². The van der Waals surface area contributed by atoms with Gasteiger partial charge < -0.3 is 15.2 Å². The normalized spacial score (nSPS) is 19.2. The van der Waals surface area contributed by atoms with Crippen LogP contribution in [0.1, 0.15) is 19.3 Å². The van der Waals surface area contributed by atoms with E-state index in [-0.39, 0.29) is 12.5 Å². The number of amides is 1. The zero-order valence-corrected chi connectivity index (χ0v) is 12.7. The molecular formula is C14H15Cl2NO4. The number of ether oxygens (including phenoxy) is 1. The summed E-state index contributed by atoms with van der Waals surface area (Å²) in [5.41, 5.74) is 0.363. The van der Waals surface area contributed by atoms with Crippen molar-refractivity contribution in [3.05, 3.63) is 28.2 Å². The molecule has 1 amide bonds. The van der Waals surface area contributed by atoms with E-state index in [0.29, 0.717) is 28.8 Å². The number of carbonyl (C=O) groups is 2. The number of rotatable bonds is 5. The van der Waals surface area contributed by atoms with Crippen LogP contribution < -0.4 is 5.32 Å². The van der Waals surface area contributed by atoms with Gasteiger partial charge >= 0.3 is 5.97 Å². The maximum absolute atomic E-state index is 12.3. The number of aliphatic carboxylic acids is 1. The van der Waals surface area contributed by atoms with E-state index >= 15 is 0 Å². The zero-order chi connectivity index (χ0) is 15.4. The highest BCUT2D eigenvalue weighted by Gasteiger charge is 2.33. The number of carboxylic acid groups (broad SMARTS) is 1. The monoisotopic (exact) mass is 331 g/mol. The number of halogens is 2. The first-order chi connectivity index (χ1) is 9.97. The first-order valence-corrected chi connectivity index (χ1v) is 7.32. The summed E-state index contributed by atoms with van der Waals surface area (Å²) < 4.78 is 5.45. The molecule has 0 aliphatic carbocycles. The largest absolute Gasteiger partial charge is 0.481 e. The van der Waals surface area contributed by atoms with Gasteiger partial charge in [0.05, 0.1) is 29.2 Å². The minimum atomic E-state index is -1.04. The van der Waals surface area contributed by atoms with Crippen LogP contribution in [-0.2, 0) is 14.3 Å². The molecule has 1 aromatic carbocycles. The van der Waals surface area contributed by atoms with Crippen molar-refractivity contribution < 1.29 is 19.4 Å². The summed E-state index contributed by atoms with van der Waals surface area (Å²) in [6.07, 6.45) is 0.842. The molecule has 21 heavy (non-hydrogen) atoms. The number of benzene rings is 1. The standard InChI is InChI=1S/C14H15Cl2NO4/c15-8-3-4-10(16)11(6-8)17-14(20)9(7-13(18)19)12-2-1-5-21-12/h3-4,6,9,12H,1-2,5,7H2,(H,17,20)(H,18,19). The van der Waals surface area contributed by atoms with Crippen molar-refractivity contribution in [3.8, 4) is 0 Å². The third-order valence-corrected chi connectivity index (χ3v) is 3.90. The van der Waals surface area contributed by atoms with Gasteiger partial charge in [-0.1, -0.05) is 23.2 Å². The second-order valence-corrected chi connectivity index (χ2v) is 5.71. The highest BCUT2D eigenvalue weighted by Crippen LogP contribution is 2.28. The van der Waals surface area contributed by atoms with Crippen LogP contribution in [0.5, 0.6) is 0 Å². The lowest BCUT2D eigenvalue weighted by Crippen LogP contribution is -2.34. The molecule has 1 aromatic rings. The molecule has 2 rings (SSSR count). The summed E-state index contributed by atoms with van der Waals surface area (Å²) in [6.45, 7) is 0.548. The Bertz CT molecular complexity index is 544. The smallest absolute Gasteiger partial charge is 0.304 e. The molecule has 0 bridgehead atoms. The van der Waals surface area contributed by atoms with E-state index in [0.717, 1.165) is 6.42 Å². The lowest BCUT2D eigenvalue weighted by atomic mass is 9.95. The summed E-state index contributed by atoms with van der Waals surface area (Å²) >= 11 is 11.9. The Hall–Kier alpha value is -1.30. The summed E-state index contributed by atoms with van der Waals surface area (Å²) in [5.74, 6) is -2.21. The SMILES string of the molecule is O=C(O)CC(C(=O)Nc1cc(Cl)ccc1Cl)C1CCCO1. The summed E-state index contributed by atoms with van der Waals surface area (Å²) in [6, 6.07) is 4.70. The van der Waals surface area contributed by atoms with Crippen molar-refractivity contribution in [3.63, 3.8) is 0 Å². The molecule has 7 heteroatoms. The van der Waals surface area contributed by atoms with E-state index in [9.17, 15) is 9.59 Å². The van der Waals surface area contributed by atoms with Gasteiger partial charge in [0.25, 0.3) is 0 Å². The van der Waals surface area contributed by atoms with Gasteiger partial charge in [-0.05, 0) is 31.0 Å². The maximum atomic E-state index is 12.3. The van der Waals surface area contributed by atoms with Crippen molar-refractivity contribution in [2.24, 2.45) is 5.92 Å². The third-order valence-electron chi connectivity index (χ3n) is 3.33. The van der Waals surface area contributed by atoms with Gasteiger partial charge in [-0.2, -0.15) is 0 Å². The molecule has 0 spiro atoms. The fourth-order valence-corrected chi connectivity index (χ4v) is 2.66. The second kappa shape index (κ2) is 7.11. The van der Waals surface area contributed by atoms with E-state index in [2.05, 4.69) is 5.32 Å². The van der Waals surface area contributed by atoms with Crippen molar-refractivity contribution in [1.82, 2.24) is 0 Å². The Balaban J connectivity index is 2.13. The molecule has 114 valence electrons. The summed E-state index contributed by atoms with van der Waals surface area (Å²) in [7, 11) is 0. The molecule has 1 aliphatic rings. The molecule has 2 unspecified atom stereocenters. The highest BCUT2D eigenvalue weighted by atomic mass is 35.5. The average Bonchev–Trinajstić information content (AvgIpc) is 2.93. The predicted octanol–water partition coefficient (Wildman–Crippen LogP) is 3.20. The van der Waals surface area contributed by atoms with Gasteiger partial charge in [0.15, 0.2) is 0 Å². The van der Waals surface area contributed by atoms with Gasteiger partial charge in [0.2, 0.25) is 5.91 Å². The van der Waals surface area contributed by atoms with Gasteiger partial charge in [-0.15, -0.1) is 0 Å². The van der Waals surface area contributed by atoms with E-state index in [4.69, 9.17) is 33.0 Å². The Morgan fingerprint density at radius 1 is 1.43 bits per heavy atom. The van der Waals surface area contributed by atoms with E-state index in [1.165, 1.54) is 6.07 Å². The quantitative estimate of drug-likeness (QED) is 0.868. The molecular weight excluding hydrogens is 317 g/mol. The molecule has 0 radical (unpaired) electrons. The molecule has 1 heterocycles. The van der Waals surface area contributed by atoms with E-state index in [1.807, 2.05) is 0 Å². The second-order valence-electron chi connectivity index (χ2n) is 4.87. The Morgan fingerprint density at radius 2 is 2.19 bits per heavy atom. The molecule has 1 aliphatic heterocycles. The van der Waals surface area contributed by atoms with Crippen LogP contribution in [-0.4, -0.2) is 29.7 Å². The molecule has 5 nitrogen and oxygen atoms in total. The van der Waals surface area contributed by atoms with Crippen molar-refractivity contribution >= 4 is 40.8 Å². The predicted molar refractivity (Wildman–Crippen MR) is 79.8 cm³/mol. The average molecular weight is 332 g/mol. The van der Waals surface area contributed by atoms with Gasteiger partial charge in [0, 0.05) is 11.6 Å². The Labute approximate surface area is 132 Å². The van der Waals surface area contributed by atoms with Crippen LogP contribution in [0.2, 0.25) is 10.0 Å². The fourth-order valence-electron chi connectivity index (χ4n) is 2.32. The van der Waals surface area contributed by atoms with Crippen LogP contribution >= 0.6 is 23.2 Å². The van der Waals surface area contributed by atoms with Crippen molar-refractivity contribution in [2.45, 2.75) is 25.4 Å². The molecule has 2 atom stereocenters. The first kappa shape index (κ1) is 16.1. The van der Waals surface area contributed by atoms with Gasteiger partial charge in [-0.25, -0.2) is 0 Å². The van der Waals surface area contributed by atoms with Gasteiger partial charge in [-0.3, -0.25) is 9.59 Å². The van der Waals surface area contributed by atoms with E-state index < -0.39 is 17.8 Å². The number of hydrogen-bond acceptors (Lipinski definition) is 3. The molecule has 1 fully saturated rings. The van der Waals surface area contributed by atoms with Crippen LogP contribution in [0.25, 0.3) is 0 Å². The lowest BCUT2D eigenvalue weighted by Gasteiger charge is -2.21. The van der Waals surface area contributed by atoms with Crippen LogP contribution in [0.15, 0.2) is 18.2 Å². The fraction of sp³-hybridized carbons (Fsp3) is 0.429. The van der Waals surface area contributed by atoms with Gasteiger partial charge in [0.1, 0.15) is 0 Å². The van der Waals surface area contributed by atoms with Crippen LogP contribution in [0, 0.1) is 5.92 Å². The number of carboxylic acids is 1. The molecule has 2 N–H and O–H groups in total. The zero-order valence-electron chi connectivity index (χ0n) is 11.1. The molecule has 1 saturated heterocycles. The minimum Gasteiger partial charge on any atom is -0.481 e. The topological polar surface area (TPSA) is 75.6 Å². The van der Waals surface area contributed by atoms with E-state index in [1.54, 1.807) is 12.1 Å². The highest BCUT2D eigenvalue weighted by molar-refractivity contribution is 6.35. The Kier molecular flexibility index (Phi) is 5.45. The summed E-state index contributed by atoms with van der Waals surface area (Å²) in [4.78, 5) is 23.3.